The quantitative estimate of drug-likeness (QED) is 0.552. The predicted octanol–water partition coefficient (Wildman–Crippen LogP) is 4.60. The highest BCUT2D eigenvalue weighted by atomic mass is 32.2. The average Bonchev–Trinajstić information content (AvgIpc) is 2.74. The number of sulfonamides is 1. The summed E-state index contributed by atoms with van der Waals surface area (Å²) in [5, 5.41) is 0. The minimum atomic E-state index is -5.71. The molecular weight excluding hydrogens is 529 g/mol. The van der Waals surface area contributed by atoms with Crippen LogP contribution in [0.25, 0.3) is 0 Å². The van der Waals surface area contributed by atoms with Gasteiger partial charge in [-0.05, 0) is 50.8 Å². The Kier molecular flexibility index (Phi) is 7.02. The van der Waals surface area contributed by atoms with E-state index in [9.17, 15) is 47.6 Å². The van der Waals surface area contributed by atoms with Gasteiger partial charge in [-0.3, -0.25) is 4.98 Å². The van der Waals surface area contributed by atoms with E-state index in [0.29, 0.717) is 23.9 Å². The second-order valence-corrected chi connectivity index (χ2v) is 12.2. The number of alkyl halides is 6. The fraction of sp³-hybridized carbons (Fsp3) is 0.450. The van der Waals surface area contributed by atoms with Crippen LogP contribution in [0.1, 0.15) is 42.5 Å². The number of aryl methyl sites for hydroxylation is 1. The zero-order valence-electron chi connectivity index (χ0n) is 17.9. The molecule has 0 unspecified atom stereocenters. The minimum Gasteiger partial charge on any atom is -0.250 e. The summed E-state index contributed by atoms with van der Waals surface area (Å²) in [7, 11) is -10.4. The summed E-state index contributed by atoms with van der Waals surface area (Å²) < 4.78 is 141. The zero-order valence-corrected chi connectivity index (χ0v) is 19.5. The van der Waals surface area contributed by atoms with Gasteiger partial charge in [-0.2, -0.15) is 26.3 Å². The monoisotopic (exact) mass is 548 g/mol. The molecular formula is C20H19F7N2O4S2. The standard InChI is InChI=1S/C20H19F7N2O4S2/c1-12-2-4-16(21)15(10-12)18(8-6-13(7-9-18)29-35(32,33)20(25,26)27)34(30,31)14-3-5-17(28-11-14)19(22,23)24/h2-5,10-11,13,29H,6-9H2,1H3. The third-order valence-electron chi connectivity index (χ3n) is 5.88. The molecule has 0 amide bonds. The van der Waals surface area contributed by atoms with E-state index in [0.717, 1.165) is 6.07 Å². The molecule has 0 saturated heterocycles. The number of hydrogen-bond donors (Lipinski definition) is 1. The molecule has 194 valence electrons. The van der Waals surface area contributed by atoms with E-state index in [1.807, 2.05) is 0 Å². The molecule has 1 saturated carbocycles. The normalized spacial score (nSPS) is 22.2. The van der Waals surface area contributed by atoms with E-state index in [-0.39, 0.29) is 5.56 Å². The number of hydrogen-bond acceptors (Lipinski definition) is 5. The summed E-state index contributed by atoms with van der Waals surface area (Å²) in [6, 6.07) is 3.45. The Morgan fingerprint density at radius 2 is 1.57 bits per heavy atom. The number of nitrogens with zero attached hydrogens (tertiary/aromatic N) is 1. The largest absolute Gasteiger partial charge is 0.511 e. The van der Waals surface area contributed by atoms with Crippen molar-refractivity contribution in [3.63, 3.8) is 0 Å². The Balaban J connectivity index is 2.06. The van der Waals surface area contributed by atoms with Crippen LogP contribution in [0.2, 0.25) is 0 Å². The van der Waals surface area contributed by atoms with Gasteiger partial charge in [-0.15, -0.1) is 0 Å². The number of rotatable bonds is 5. The molecule has 1 aromatic carbocycles. The Morgan fingerprint density at radius 1 is 0.971 bits per heavy atom. The first-order chi connectivity index (χ1) is 15.9. The van der Waals surface area contributed by atoms with Crippen LogP contribution in [0.4, 0.5) is 30.7 Å². The van der Waals surface area contributed by atoms with Crippen molar-refractivity contribution in [2.75, 3.05) is 0 Å². The molecule has 1 aliphatic rings. The molecule has 3 rings (SSSR count). The Labute approximate surface area is 196 Å². The number of nitrogens with one attached hydrogen (secondary N) is 1. The smallest absolute Gasteiger partial charge is 0.250 e. The third-order valence-corrected chi connectivity index (χ3v) is 9.66. The van der Waals surface area contributed by atoms with Crippen LogP contribution in [0, 0.1) is 12.7 Å². The highest BCUT2D eigenvalue weighted by Crippen LogP contribution is 2.48. The topological polar surface area (TPSA) is 93.2 Å². The van der Waals surface area contributed by atoms with E-state index < -0.39 is 84.4 Å². The molecule has 1 heterocycles. The number of benzene rings is 1. The van der Waals surface area contributed by atoms with Crippen LogP contribution in [-0.2, 0) is 30.8 Å². The molecule has 0 bridgehead atoms. The minimum absolute atomic E-state index is 0.311. The van der Waals surface area contributed by atoms with Gasteiger partial charge in [-0.1, -0.05) is 17.7 Å². The molecule has 0 aliphatic heterocycles. The van der Waals surface area contributed by atoms with Gasteiger partial charge in [0.05, 0.1) is 4.90 Å². The maximum Gasteiger partial charge on any atom is 0.511 e. The average molecular weight is 549 g/mol. The summed E-state index contributed by atoms with van der Waals surface area (Å²) in [5.74, 6) is -0.937. The lowest BCUT2D eigenvalue weighted by Crippen LogP contribution is -2.48. The summed E-state index contributed by atoms with van der Waals surface area (Å²) in [6.45, 7) is 1.55. The number of sulfone groups is 1. The molecule has 6 nitrogen and oxygen atoms in total. The van der Waals surface area contributed by atoms with Gasteiger partial charge < -0.3 is 0 Å². The summed E-state index contributed by atoms with van der Waals surface area (Å²) in [5.41, 5.74) is -6.78. The van der Waals surface area contributed by atoms with Crippen LogP contribution in [0.15, 0.2) is 41.4 Å². The van der Waals surface area contributed by atoms with Crippen molar-refractivity contribution in [1.29, 1.82) is 0 Å². The van der Waals surface area contributed by atoms with Crippen LogP contribution in [0.5, 0.6) is 0 Å². The predicted molar refractivity (Wildman–Crippen MR) is 110 cm³/mol. The summed E-state index contributed by atoms with van der Waals surface area (Å²) in [4.78, 5) is 2.51. The number of aromatic nitrogens is 1. The van der Waals surface area contributed by atoms with Gasteiger partial charge in [-0.25, -0.2) is 25.9 Å². The van der Waals surface area contributed by atoms with Crippen molar-refractivity contribution in [2.45, 2.75) is 60.0 Å². The molecule has 1 aromatic heterocycles. The van der Waals surface area contributed by atoms with Crippen molar-refractivity contribution in [1.82, 2.24) is 9.71 Å². The van der Waals surface area contributed by atoms with Crippen LogP contribution in [0.3, 0.4) is 0 Å². The van der Waals surface area contributed by atoms with Crippen molar-refractivity contribution < 1.29 is 47.6 Å². The first-order valence-corrected chi connectivity index (χ1v) is 13.0. The molecule has 1 N–H and O–H groups in total. The molecule has 15 heteroatoms. The maximum absolute atomic E-state index is 14.9. The van der Waals surface area contributed by atoms with Crippen molar-refractivity contribution in [3.8, 4) is 0 Å². The van der Waals surface area contributed by atoms with Gasteiger partial charge in [0.1, 0.15) is 16.3 Å². The van der Waals surface area contributed by atoms with Gasteiger partial charge in [0.25, 0.3) is 0 Å². The van der Waals surface area contributed by atoms with Crippen LogP contribution >= 0.6 is 0 Å². The Bertz CT molecular complexity index is 1300. The number of halogens is 7. The van der Waals surface area contributed by atoms with Crippen LogP contribution < -0.4 is 4.72 Å². The highest BCUT2D eigenvalue weighted by molar-refractivity contribution is 7.92. The Hall–Kier alpha value is -2.26. The first kappa shape index (κ1) is 27.3. The van der Waals surface area contributed by atoms with E-state index in [1.54, 1.807) is 6.92 Å². The van der Waals surface area contributed by atoms with Gasteiger partial charge in [0.15, 0.2) is 9.84 Å². The summed E-state index contributed by atoms with van der Waals surface area (Å²) in [6.07, 6.45) is -6.15. The molecule has 2 aromatic rings. The van der Waals surface area contributed by atoms with Crippen molar-refractivity contribution in [3.05, 3.63) is 59.2 Å². The molecule has 1 aliphatic carbocycles. The summed E-state index contributed by atoms with van der Waals surface area (Å²) >= 11 is 0. The van der Waals surface area contributed by atoms with Gasteiger partial charge >= 0.3 is 21.7 Å². The molecule has 1 fully saturated rings. The second kappa shape index (κ2) is 9.00. The number of pyridine rings is 1. The van der Waals surface area contributed by atoms with E-state index in [4.69, 9.17) is 0 Å². The maximum atomic E-state index is 14.9. The molecule has 35 heavy (non-hydrogen) atoms. The van der Waals surface area contributed by atoms with E-state index in [1.165, 1.54) is 16.9 Å². The molecule has 0 atom stereocenters. The van der Waals surface area contributed by atoms with E-state index in [2.05, 4.69) is 4.98 Å². The van der Waals surface area contributed by atoms with Crippen LogP contribution in [-0.4, -0.2) is 33.4 Å². The van der Waals surface area contributed by atoms with Gasteiger partial charge in [0, 0.05) is 17.8 Å². The van der Waals surface area contributed by atoms with Crippen molar-refractivity contribution >= 4 is 19.9 Å². The lowest BCUT2D eigenvalue weighted by molar-refractivity contribution is -0.141. The van der Waals surface area contributed by atoms with E-state index >= 15 is 0 Å². The molecule has 0 radical (unpaired) electrons. The second-order valence-electron chi connectivity index (χ2n) is 8.20. The molecule has 0 spiro atoms. The highest BCUT2D eigenvalue weighted by Gasteiger charge is 2.52. The lowest BCUT2D eigenvalue weighted by atomic mass is 9.80. The lowest BCUT2D eigenvalue weighted by Gasteiger charge is -2.40. The zero-order chi connectivity index (χ0) is 26.4. The SMILES string of the molecule is Cc1ccc(F)c(C2(S(=O)(=O)c3ccc(C(F)(F)F)nc3)CCC(NS(=O)(=O)C(F)(F)F)CC2)c1. The fourth-order valence-corrected chi connectivity index (χ4v) is 7.01. The Morgan fingerprint density at radius 3 is 2.06 bits per heavy atom. The third kappa shape index (κ3) is 5.16. The van der Waals surface area contributed by atoms with Gasteiger partial charge in [0.2, 0.25) is 0 Å². The van der Waals surface area contributed by atoms with Crippen molar-refractivity contribution in [2.24, 2.45) is 0 Å². The fourth-order valence-electron chi connectivity index (χ4n) is 4.09. The first-order valence-electron chi connectivity index (χ1n) is 10.0.